The number of hydrogen-bond acceptors (Lipinski definition) is 8. The Labute approximate surface area is 178 Å². The van der Waals surface area contributed by atoms with E-state index in [4.69, 9.17) is 5.41 Å². The van der Waals surface area contributed by atoms with Gasteiger partial charge in [0.1, 0.15) is 5.75 Å². The van der Waals surface area contributed by atoms with Gasteiger partial charge in [-0.05, 0) is 66.5 Å². The molecule has 1 amide bonds. The molecule has 5 N–H and O–H groups in total. The summed E-state index contributed by atoms with van der Waals surface area (Å²) in [5.41, 5.74) is 1.39. The molecule has 154 valence electrons. The Bertz CT molecular complexity index is 951. The number of amides is 1. The molecule has 3 rings (SSSR count). The Hall–Kier alpha value is -3.59. The Morgan fingerprint density at radius 1 is 1.07 bits per heavy atom. The summed E-state index contributed by atoms with van der Waals surface area (Å²) in [7, 11) is 0. The highest BCUT2D eigenvalue weighted by atomic mass is 32.2. The summed E-state index contributed by atoms with van der Waals surface area (Å²) >= 11 is 1.42. The molecule has 3 aromatic rings. The van der Waals surface area contributed by atoms with Crippen LogP contribution in [0.3, 0.4) is 0 Å². The van der Waals surface area contributed by atoms with E-state index in [1.54, 1.807) is 30.6 Å². The maximum Gasteiger partial charge on any atom is 0.251 e. The van der Waals surface area contributed by atoms with E-state index in [2.05, 4.69) is 25.3 Å². The first-order chi connectivity index (χ1) is 14.6. The van der Waals surface area contributed by atoms with Crippen LogP contribution in [0.2, 0.25) is 0 Å². The van der Waals surface area contributed by atoms with Crippen LogP contribution in [0.1, 0.15) is 10.4 Å². The van der Waals surface area contributed by atoms with Crippen LogP contribution >= 0.6 is 11.9 Å². The largest absolute Gasteiger partial charge is 0.508 e. The van der Waals surface area contributed by atoms with Crippen molar-refractivity contribution in [2.24, 2.45) is 5.92 Å². The van der Waals surface area contributed by atoms with Crippen molar-refractivity contribution in [3.8, 4) is 5.75 Å². The Balaban J connectivity index is 1.43. The van der Waals surface area contributed by atoms with E-state index < -0.39 is 0 Å². The van der Waals surface area contributed by atoms with Gasteiger partial charge in [0.2, 0.25) is 5.95 Å². The van der Waals surface area contributed by atoms with Crippen molar-refractivity contribution in [2.45, 2.75) is 4.90 Å². The average molecular weight is 423 g/mol. The fourth-order valence-electron chi connectivity index (χ4n) is 2.47. The maximum atomic E-state index is 12.1. The minimum absolute atomic E-state index is 0.113. The molecule has 0 aliphatic heterocycles. The lowest BCUT2D eigenvalue weighted by molar-refractivity contribution is 0.0951. The molecule has 9 heteroatoms. The average Bonchev–Trinajstić information content (AvgIpc) is 2.79. The first kappa shape index (κ1) is 21.1. The Kier molecular flexibility index (Phi) is 7.62. The third-order valence-electron chi connectivity index (χ3n) is 4.14. The number of rotatable bonds is 10. The van der Waals surface area contributed by atoms with Crippen LogP contribution in [0.15, 0.2) is 71.9 Å². The summed E-state index contributed by atoms with van der Waals surface area (Å²) in [5, 5.41) is 23.0. The first-order valence-electron chi connectivity index (χ1n) is 9.25. The zero-order valence-electron chi connectivity index (χ0n) is 16.1. The smallest absolute Gasteiger partial charge is 0.251 e. The number of nitrogens with zero attached hydrogens (tertiary/aromatic N) is 2. The predicted molar refractivity (Wildman–Crippen MR) is 119 cm³/mol. The molecule has 1 atom stereocenters. The molecule has 0 aliphatic rings. The van der Waals surface area contributed by atoms with Crippen LogP contribution < -0.4 is 15.4 Å². The third-order valence-corrected chi connectivity index (χ3v) is 4.93. The van der Waals surface area contributed by atoms with Crippen molar-refractivity contribution in [2.75, 3.05) is 23.1 Å². The van der Waals surface area contributed by atoms with Gasteiger partial charge < -0.3 is 21.1 Å². The van der Waals surface area contributed by atoms with Crippen LogP contribution in [0.25, 0.3) is 0 Å². The van der Waals surface area contributed by atoms with Crippen LogP contribution in [0, 0.1) is 11.3 Å². The van der Waals surface area contributed by atoms with Gasteiger partial charge in [-0.25, -0.2) is 9.97 Å². The summed E-state index contributed by atoms with van der Waals surface area (Å²) in [4.78, 5) is 21.4. The highest BCUT2D eigenvalue weighted by Crippen LogP contribution is 2.21. The molecule has 0 fully saturated rings. The highest BCUT2D eigenvalue weighted by molar-refractivity contribution is 8.00. The number of phenolic OH excluding ortho intramolecular Hbond substituents is 1. The molecule has 0 saturated heterocycles. The van der Waals surface area contributed by atoms with Gasteiger partial charge in [-0.2, -0.15) is 0 Å². The van der Waals surface area contributed by atoms with E-state index in [9.17, 15) is 9.90 Å². The van der Waals surface area contributed by atoms with E-state index in [-0.39, 0.29) is 17.6 Å². The molecule has 0 bridgehead atoms. The predicted octanol–water partition coefficient (Wildman–Crippen LogP) is 3.41. The number of benzene rings is 2. The van der Waals surface area contributed by atoms with Gasteiger partial charge in [0.25, 0.3) is 5.91 Å². The summed E-state index contributed by atoms with van der Waals surface area (Å²) in [6.45, 7) is 0.854. The van der Waals surface area contributed by atoms with Crippen molar-refractivity contribution in [1.29, 1.82) is 5.41 Å². The van der Waals surface area contributed by atoms with Gasteiger partial charge in [0.05, 0.1) is 0 Å². The lowest BCUT2D eigenvalue weighted by Crippen LogP contribution is -2.33. The van der Waals surface area contributed by atoms with E-state index >= 15 is 0 Å². The van der Waals surface area contributed by atoms with E-state index in [1.807, 2.05) is 24.3 Å². The minimum Gasteiger partial charge on any atom is -0.508 e. The number of carbonyl (C=O) groups is 1. The molecule has 2 aromatic carbocycles. The second kappa shape index (κ2) is 10.8. The molecule has 0 radical (unpaired) electrons. The van der Waals surface area contributed by atoms with Crippen LogP contribution in [0.5, 0.6) is 5.75 Å². The van der Waals surface area contributed by atoms with Gasteiger partial charge in [0.15, 0.2) is 0 Å². The van der Waals surface area contributed by atoms with Crippen molar-refractivity contribution >= 4 is 35.7 Å². The van der Waals surface area contributed by atoms with Crippen LogP contribution in [-0.2, 0) is 0 Å². The zero-order valence-corrected chi connectivity index (χ0v) is 16.9. The standard InChI is InChI=1S/C21H22N6O2S/c22-12-15(14-26-20(29)16-2-6-18(28)7-3-16)13-25-17-4-8-19(9-5-17)30-27-21-23-10-1-11-24-21/h1-12,15,22,25,28H,13-14H2,(H,26,29)(H,23,24,27). The number of anilines is 2. The lowest BCUT2D eigenvalue weighted by Gasteiger charge is -2.15. The second-order valence-electron chi connectivity index (χ2n) is 6.37. The van der Waals surface area contributed by atoms with Crippen LogP contribution in [-0.4, -0.2) is 40.3 Å². The van der Waals surface area contributed by atoms with Crippen molar-refractivity contribution in [1.82, 2.24) is 15.3 Å². The van der Waals surface area contributed by atoms with E-state index in [0.717, 1.165) is 10.6 Å². The highest BCUT2D eigenvalue weighted by Gasteiger charge is 2.10. The molecular weight excluding hydrogens is 400 g/mol. The number of aromatic hydroxyl groups is 1. The number of phenols is 1. The normalized spacial score (nSPS) is 11.3. The fourth-order valence-corrected chi connectivity index (χ4v) is 3.06. The van der Waals surface area contributed by atoms with Crippen molar-refractivity contribution < 1.29 is 9.90 Å². The van der Waals surface area contributed by atoms with Crippen molar-refractivity contribution in [3.05, 3.63) is 72.6 Å². The summed E-state index contributed by atoms with van der Waals surface area (Å²) in [5.74, 6) is 0.268. The molecular formula is C21H22N6O2S. The van der Waals surface area contributed by atoms with E-state index in [0.29, 0.717) is 24.6 Å². The summed E-state index contributed by atoms with van der Waals surface area (Å²) in [6.07, 6.45) is 4.67. The SMILES string of the molecule is N=CC(CNC(=O)c1ccc(O)cc1)CNc1ccc(SNc2ncccn2)cc1. The van der Waals surface area contributed by atoms with Gasteiger partial charge in [0, 0.05) is 53.8 Å². The molecule has 1 heterocycles. The Morgan fingerprint density at radius 3 is 2.43 bits per heavy atom. The second-order valence-corrected chi connectivity index (χ2v) is 7.25. The topological polar surface area (TPSA) is 123 Å². The van der Waals surface area contributed by atoms with Crippen molar-refractivity contribution in [3.63, 3.8) is 0 Å². The lowest BCUT2D eigenvalue weighted by atomic mass is 10.1. The molecule has 0 spiro atoms. The Morgan fingerprint density at radius 2 is 1.77 bits per heavy atom. The monoisotopic (exact) mass is 422 g/mol. The first-order valence-corrected chi connectivity index (χ1v) is 10.1. The quantitative estimate of drug-likeness (QED) is 0.251. The van der Waals surface area contributed by atoms with Gasteiger partial charge in [-0.1, -0.05) is 0 Å². The molecule has 8 nitrogen and oxygen atoms in total. The number of nitrogens with one attached hydrogen (secondary N) is 4. The maximum absolute atomic E-state index is 12.1. The summed E-state index contributed by atoms with van der Waals surface area (Å²) in [6, 6.07) is 15.6. The molecule has 1 aromatic heterocycles. The molecule has 0 saturated carbocycles. The zero-order chi connectivity index (χ0) is 21.2. The van der Waals surface area contributed by atoms with Gasteiger partial charge in [-0.15, -0.1) is 0 Å². The molecule has 30 heavy (non-hydrogen) atoms. The van der Waals surface area contributed by atoms with Crippen LogP contribution in [0.4, 0.5) is 11.6 Å². The molecule has 0 aliphatic carbocycles. The molecule has 1 unspecified atom stereocenters. The number of hydrogen-bond donors (Lipinski definition) is 5. The minimum atomic E-state index is -0.238. The van der Waals surface area contributed by atoms with Gasteiger partial charge >= 0.3 is 0 Å². The number of aromatic nitrogens is 2. The summed E-state index contributed by atoms with van der Waals surface area (Å²) < 4.78 is 3.07. The van der Waals surface area contributed by atoms with Gasteiger partial charge in [-0.3, -0.25) is 9.52 Å². The number of carbonyl (C=O) groups excluding carboxylic acids is 1. The van der Waals surface area contributed by atoms with E-state index in [1.165, 1.54) is 30.3 Å². The third kappa shape index (κ3) is 6.49. The fraction of sp³-hybridized carbons (Fsp3) is 0.143.